The van der Waals surface area contributed by atoms with Gasteiger partial charge in [-0.2, -0.15) is 0 Å². The standard InChI is InChI=1S/C23H18N2O3S/c1-15(28-22(27)19-13-7-11-16-8-5-6-12-18(16)19)21(26)25-23-24-20(14-29-23)17-9-3-2-4-10-17/h2-15H,1H3,(H,24,25,26)/t15-/m0/s1. The van der Waals surface area contributed by atoms with Crippen LogP contribution in [0.3, 0.4) is 0 Å². The number of nitrogens with zero attached hydrogens (tertiary/aromatic N) is 1. The average Bonchev–Trinajstić information content (AvgIpc) is 3.22. The first-order valence-corrected chi connectivity index (χ1v) is 10.0. The number of esters is 1. The Kier molecular flexibility index (Phi) is 5.35. The van der Waals surface area contributed by atoms with Crippen LogP contribution in [0.1, 0.15) is 17.3 Å². The van der Waals surface area contributed by atoms with Crippen molar-refractivity contribution in [3.05, 3.63) is 83.7 Å². The molecule has 0 saturated carbocycles. The number of hydrogen-bond donors (Lipinski definition) is 1. The quantitative estimate of drug-likeness (QED) is 0.469. The van der Waals surface area contributed by atoms with E-state index in [4.69, 9.17) is 4.74 Å². The van der Waals surface area contributed by atoms with Crippen molar-refractivity contribution in [2.75, 3.05) is 5.32 Å². The second kappa shape index (κ2) is 8.24. The zero-order valence-electron chi connectivity index (χ0n) is 15.7. The molecule has 5 nitrogen and oxygen atoms in total. The number of hydrogen-bond acceptors (Lipinski definition) is 5. The van der Waals surface area contributed by atoms with Gasteiger partial charge >= 0.3 is 5.97 Å². The van der Waals surface area contributed by atoms with Crippen LogP contribution in [0.15, 0.2) is 78.2 Å². The first-order chi connectivity index (χ1) is 14.1. The summed E-state index contributed by atoms with van der Waals surface area (Å²) in [6.07, 6.45) is -0.953. The van der Waals surface area contributed by atoms with Crippen LogP contribution in [-0.4, -0.2) is 23.0 Å². The molecule has 6 heteroatoms. The van der Waals surface area contributed by atoms with Gasteiger partial charge in [0.15, 0.2) is 11.2 Å². The van der Waals surface area contributed by atoms with E-state index in [0.29, 0.717) is 10.7 Å². The van der Waals surface area contributed by atoms with Gasteiger partial charge in [0.2, 0.25) is 0 Å². The molecule has 0 saturated heterocycles. The number of aromatic nitrogens is 1. The van der Waals surface area contributed by atoms with Gasteiger partial charge in [0.05, 0.1) is 11.3 Å². The maximum atomic E-state index is 12.6. The molecule has 1 aromatic heterocycles. The van der Waals surface area contributed by atoms with Crippen molar-refractivity contribution in [2.24, 2.45) is 0 Å². The first-order valence-electron chi connectivity index (χ1n) is 9.12. The number of amides is 1. The molecule has 1 atom stereocenters. The molecule has 4 aromatic rings. The minimum atomic E-state index is -0.953. The minimum Gasteiger partial charge on any atom is -0.449 e. The van der Waals surface area contributed by atoms with Crippen LogP contribution in [0.2, 0.25) is 0 Å². The molecule has 0 radical (unpaired) electrons. The van der Waals surface area contributed by atoms with Gasteiger partial charge in [-0.3, -0.25) is 10.1 Å². The molecule has 144 valence electrons. The van der Waals surface area contributed by atoms with E-state index in [2.05, 4.69) is 10.3 Å². The van der Waals surface area contributed by atoms with E-state index in [1.165, 1.54) is 11.3 Å². The number of rotatable bonds is 5. The Hall–Kier alpha value is -3.51. The van der Waals surface area contributed by atoms with Crippen LogP contribution in [0.4, 0.5) is 5.13 Å². The molecule has 0 aliphatic rings. The zero-order chi connectivity index (χ0) is 20.2. The topological polar surface area (TPSA) is 68.3 Å². The monoisotopic (exact) mass is 402 g/mol. The smallest absolute Gasteiger partial charge is 0.339 e. The molecular weight excluding hydrogens is 384 g/mol. The predicted molar refractivity (Wildman–Crippen MR) is 115 cm³/mol. The SMILES string of the molecule is C[C@H](OC(=O)c1cccc2ccccc12)C(=O)Nc1nc(-c2ccccc2)cs1. The number of carbonyl (C=O) groups excluding carboxylic acids is 2. The average molecular weight is 402 g/mol. The van der Waals surface area contributed by atoms with Crippen molar-refractivity contribution in [1.29, 1.82) is 0 Å². The lowest BCUT2D eigenvalue weighted by Gasteiger charge is -2.13. The Morgan fingerprint density at radius 1 is 0.966 bits per heavy atom. The van der Waals surface area contributed by atoms with E-state index in [-0.39, 0.29) is 0 Å². The van der Waals surface area contributed by atoms with Gasteiger partial charge in [-0.05, 0) is 23.8 Å². The Morgan fingerprint density at radius 2 is 1.69 bits per heavy atom. The summed E-state index contributed by atoms with van der Waals surface area (Å²) in [5.41, 5.74) is 2.19. The van der Waals surface area contributed by atoms with E-state index >= 15 is 0 Å². The van der Waals surface area contributed by atoms with Gasteiger partial charge in [-0.25, -0.2) is 9.78 Å². The van der Waals surface area contributed by atoms with Crippen molar-refractivity contribution in [1.82, 2.24) is 4.98 Å². The molecule has 0 aliphatic carbocycles. The molecule has 1 heterocycles. The molecule has 4 rings (SSSR count). The first kappa shape index (κ1) is 18.8. The molecule has 29 heavy (non-hydrogen) atoms. The predicted octanol–water partition coefficient (Wildman–Crippen LogP) is 5.15. The minimum absolute atomic E-state index is 0.424. The van der Waals surface area contributed by atoms with Gasteiger partial charge in [0, 0.05) is 10.9 Å². The van der Waals surface area contributed by atoms with Gasteiger partial charge in [0.1, 0.15) is 0 Å². The number of carbonyl (C=O) groups is 2. The maximum absolute atomic E-state index is 12.6. The second-order valence-corrected chi connectivity index (χ2v) is 7.33. The molecule has 0 bridgehead atoms. The van der Waals surface area contributed by atoms with Gasteiger partial charge in [0.25, 0.3) is 5.91 Å². The summed E-state index contributed by atoms with van der Waals surface area (Å²) < 4.78 is 5.40. The van der Waals surface area contributed by atoms with Gasteiger partial charge in [-0.1, -0.05) is 66.7 Å². The fourth-order valence-electron chi connectivity index (χ4n) is 2.96. The van der Waals surface area contributed by atoms with Gasteiger partial charge in [-0.15, -0.1) is 11.3 Å². The third-order valence-corrected chi connectivity index (χ3v) is 5.22. The van der Waals surface area contributed by atoms with Crippen molar-refractivity contribution >= 4 is 39.1 Å². The van der Waals surface area contributed by atoms with Gasteiger partial charge < -0.3 is 4.74 Å². The van der Waals surface area contributed by atoms with Crippen LogP contribution in [0.5, 0.6) is 0 Å². The summed E-state index contributed by atoms with van der Waals surface area (Å²) in [4.78, 5) is 29.5. The van der Waals surface area contributed by atoms with Crippen LogP contribution in [-0.2, 0) is 9.53 Å². The van der Waals surface area contributed by atoms with E-state index in [0.717, 1.165) is 22.0 Å². The number of fused-ring (bicyclic) bond motifs is 1. The second-order valence-electron chi connectivity index (χ2n) is 6.47. The number of thiazole rings is 1. The summed E-state index contributed by atoms with van der Waals surface area (Å²) in [7, 11) is 0. The highest BCUT2D eigenvalue weighted by atomic mass is 32.1. The fraction of sp³-hybridized carbons (Fsp3) is 0.0870. The summed E-state index contributed by atoms with van der Waals surface area (Å²) in [6.45, 7) is 1.55. The third-order valence-electron chi connectivity index (χ3n) is 4.47. The molecule has 3 aromatic carbocycles. The Balaban J connectivity index is 1.43. The maximum Gasteiger partial charge on any atom is 0.339 e. The van der Waals surface area contributed by atoms with E-state index < -0.39 is 18.0 Å². The van der Waals surface area contributed by atoms with Crippen molar-refractivity contribution in [3.63, 3.8) is 0 Å². The molecule has 0 fully saturated rings. The van der Waals surface area contributed by atoms with Crippen LogP contribution in [0.25, 0.3) is 22.0 Å². The highest BCUT2D eigenvalue weighted by Crippen LogP contribution is 2.25. The third kappa shape index (κ3) is 4.17. The van der Waals surface area contributed by atoms with E-state index in [9.17, 15) is 9.59 Å². The van der Waals surface area contributed by atoms with E-state index in [1.807, 2.05) is 66.0 Å². The Labute approximate surface area is 172 Å². The molecule has 0 spiro atoms. The molecular formula is C23H18N2O3S. The lowest BCUT2D eigenvalue weighted by atomic mass is 10.0. The van der Waals surface area contributed by atoms with Crippen molar-refractivity contribution in [2.45, 2.75) is 13.0 Å². The van der Waals surface area contributed by atoms with Crippen molar-refractivity contribution in [3.8, 4) is 11.3 Å². The van der Waals surface area contributed by atoms with Crippen molar-refractivity contribution < 1.29 is 14.3 Å². The highest BCUT2D eigenvalue weighted by molar-refractivity contribution is 7.14. The summed E-state index contributed by atoms with van der Waals surface area (Å²) in [6, 6.07) is 22.7. The molecule has 1 amide bonds. The zero-order valence-corrected chi connectivity index (χ0v) is 16.5. The summed E-state index contributed by atoms with van der Waals surface area (Å²) >= 11 is 1.32. The molecule has 0 aliphatic heterocycles. The summed E-state index contributed by atoms with van der Waals surface area (Å²) in [5, 5.41) is 6.78. The molecule has 1 N–H and O–H groups in total. The summed E-state index contributed by atoms with van der Waals surface area (Å²) in [5.74, 6) is -0.957. The van der Waals surface area contributed by atoms with E-state index in [1.54, 1.807) is 19.1 Å². The normalized spacial score (nSPS) is 11.8. The van der Waals surface area contributed by atoms with Crippen LogP contribution >= 0.6 is 11.3 Å². The Bertz CT molecular complexity index is 1170. The molecule has 0 unspecified atom stereocenters. The lowest BCUT2D eigenvalue weighted by molar-refractivity contribution is -0.123. The fourth-order valence-corrected chi connectivity index (χ4v) is 3.68. The van der Waals surface area contributed by atoms with Crippen LogP contribution in [0, 0.1) is 0 Å². The highest BCUT2D eigenvalue weighted by Gasteiger charge is 2.21. The Morgan fingerprint density at radius 3 is 2.52 bits per heavy atom. The number of benzene rings is 3. The van der Waals surface area contributed by atoms with Crippen LogP contribution < -0.4 is 5.32 Å². The number of anilines is 1. The number of nitrogens with one attached hydrogen (secondary N) is 1. The number of ether oxygens (including phenoxy) is 1. The lowest BCUT2D eigenvalue weighted by Crippen LogP contribution is -2.30. The largest absolute Gasteiger partial charge is 0.449 e.